The largest absolute Gasteiger partial charge is 0.311 e. The SMILES string of the molecule is Cc1ccc(N(c2ccc(C)cc2)c2ccc(C3(C)CCCCC3)cc2)cc1. The highest BCUT2D eigenvalue weighted by Crippen LogP contribution is 2.41. The van der Waals surface area contributed by atoms with Gasteiger partial charge >= 0.3 is 0 Å². The van der Waals surface area contributed by atoms with E-state index in [2.05, 4.69) is 98.5 Å². The summed E-state index contributed by atoms with van der Waals surface area (Å²) in [6.07, 6.45) is 6.73. The first-order chi connectivity index (χ1) is 13.5. The molecule has 0 unspecified atom stereocenters. The first-order valence-electron chi connectivity index (χ1n) is 10.6. The van der Waals surface area contributed by atoms with E-state index >= 15 is 0 Å². The normalized spacial score (nSPS) is 16.0. The van der Waals surface area contributed by atoms with Crippen LogP contribution in [0.2, 0.25) is 0 Å². The van der Waals surface area contributed by atoms with Gasteiger partial charge in [0.25, 0.3) is 0 Å². The third kappa shape index (κ3) is 3.85. The minimum Gasteiger partial charge on any atom is -0.311 e. The highest BCUT2D eigenvalue weighted by atomic mass is 15.1. The molecule has 4 rings (SSSR count). The van der Waals surface area contributed by atoms with E-state index in [1.54, 1.807) is 0 Å². The van der Waals surface area contributed by atoms with E-state index in [9.17, 15) is 0 Å². The Balaban J connectivity index is 1.72. The standard InChI is InChI=1S/C27H31N/c1-21-7-13-24(14-8-21)28(25-15-9-22(2)10-16-25)26-17-11-23(12-18-26)27(3)19-5-4-6-20-27/h7-18H,4-6,19-20H2,1-3H3. The fraction of sp³-hybridized carbons (Fsp3) is 0.333. The molecular formula is C27H31N. The summed E-state index contributed by atoms with van der Waals surface area (Å²) in [7, 11) is 0. The van der Waals surface area contributed by atoms with E-state index < -0.39 is 0 Å². The Morgan fingerprint density at radius 1 is 0.571 bits per heavy atom. The lowest BCUT2D eigenvalue weighted by molar-refractivity contribution is 0.319. The van der Waals surface area contributed by atoms with Gasteiger partial charge in [0.15, 0.2) is 0 Å². The molecule has 1 nitrogen and oxygen atoms in total. The van der Waals surface area contributed by atoms with Gasteiger partial charge in [-0.1, -0.05) is 73.7 Å². The number of hydrogen-bond donors (Lipinski definition) is 0. The Kier molecular flexibility index (Phi) is 5.26. The zero-order valence-electron chi connectivity index (χ0n) is 17.4. The van der Waals surface area contributed by atoms with Crippen molar-refractivity contribution in [3.05, 3.63) is 89.5 Å². The van der Waals surface area contributed by atoms with Gasteiger partial charge in [-0.3, -0.25) is 0 Å². The lowest BCUT2D eigenvalue weighted by atomic mass is 9.71. The fourth-order valence-electron chi connectivity index (χ4n) is 4.47. The van der Waals surface area contributed by atoms with Gasteiger partial charge in [-0.25, -0.2) is 0 Å². The molecule has 0 amide bonds. The van der Waals surface area contributed by atoms with Gasteiger partial charge in [-0.15, -0.1) is 0 Å². The molecule has 3 aromatic carbocycles. The second-order valence-electron chi connectivity index (χ2n) is 8.67. The van der Waals surface area contributed by atoms with Crippen LogP contribution in [0.15, 0.2) is 72.8 Å². The third-order valence-corrected chi connectivity index (χ3v) is 6.36. The summed E-state index contributed by atoms with van der Waals surface area (Å²) in [5.74, 6) is 0. The van der Waals surface area contributed by atoms with Crippen molar-refractivity contribution < 1.29 is 0 Å². The second-order valence-corrected chi connectivity index (χ2v) is 8.67. The van der Waals surface area contributed by atoms with Gasteiger partial charge in [0.05, 0.1) is 0 Å². The third-order valence-electron chi connectivity index (χ3n) is 6.36. The number of nitrogens with zero attached hydrogens (tertiary/aromatic N) is 1. The molecule has 0 aromatic heterocycles. The number of rotatable bonds is 4. The molecule has 144 valence electrons. The lowest BCUT2D eigenvalue weighted by Gasteiger charge is -2.34. The average molecular weight is 370 g/mol. The van der Waals surface area contributed by atoms with E-state index in [1.807, 2.05) is 0 Å². The number of aryl methyl sites for hydroxylation is 2. The minimum absolute atomic E-state index is 0.343. The smallest absolute Gasteiger partial charge is 0.0461 e. The van der Waals surface area contributed by atoms with Crippen molar-refractivity contribution in [3.8, 4) is 0 Å². The summed E-state index contributed by atoms with van der Waals surface area (Å²) in [5.41, 5.74) is 8.02. The molecule has 1 heteroatoms. The van der Waals surface area contributed by atoms with Gasteiger partial charge in [0.1, 0.15) is 0 Å². The average Bonchev–Trinajstić information content (AvgIpc) is 2.72. The zero-order chi connectivity index (χ0) is 19.6. The van der Waals surface area contributed by atoms with Crippen LogP contribution in [0.25, 0.3) is 0 Å². The van der Waals surface area contributed by atoms with Crippen LogP contribution in [0.5, 0.6) is 0 Å². The number of benzene rings is 3. The van der Waals surface area contributed by atoms with E-state index in [0.717, 1.165) is 0 Å². The summed E-state index contributed by atoms with van der Waals surface area (Å²) < 4.78 is 0. The van der Waals surface area contributed by atoms with Crippen molar-refractivity contribution >= 4 is 17.1 Å². The van der Waals surface area contributed by atoms with Crippen LogP contribution in [0, 0.1) is 13.8 Å². The summed E-state index contributed by atoms with van der Waals surface area (Å²) >= 11 is 0. The molecule has 3 aromatic rings. The Morgan fingerprint density at radius 2 is 0.964 bits per heavy atom. The highest BCUT2D eigenvalue weighted by Gasteiger charge is 2.28. The van der Waals surface area contributed by atoms with Crippen LogP contribution in [-0.2, 0) is 5.41 Å². The molecular weight excluding hydrogens is 338 g/mol. The predicted octanol–water partition coefficient (Wildman–Crippen LogP) is 8.00. The maximum Gasteiger partial charge on any atom is 0.0461 e. The molecule has 0 bridgehead atoms. The molecule has 1 fully saturated rings. The van der Waals surface area contributed by atoms with Crippen LogP contribution < -0.4 is 4.90 Å². The Labute approximate surface area is 170 Å². The van der Waals surface area contributed by atoms with Crippen LogP contribution in [-0.4, -0.2) is 0 Å². The molecule has 0 heterocycles. The van der Waals surface area contributed by atoms with Crippen molar-refractivity contribution in [3.63, 3.8) is 0 Å². The van der Waals surface area contributed by atoms with E-state index in [0.29, 0.717) is 5.41 Å². The van der Waals surface area contributed by atoms with Gasteiger partial charge < -0.3 is 4.90 Å². The molecule has 0 radical (unpaired) electrons. The van der Waals surface area contributed by atoms with E-state index in [1.165, 1.54) is 65.9 Å². The summed E-state index contributed by atoms with van der Waals surface area (Å²) in [5, 5.41) is 0. The van der Waals surface area contributed by atoms with Gasteiger partial charge in [0, 0.05) is 17.1 Å². The first-order valence-corrected chi connectivity index (χ1v) is 10.6. The summed E-state index contributed by atoms with van der Waals surface area (Å²) in [4.78, 5) is 2.35. The topological polar surface area (TPSA) is 3.24 Å². The van der Waals surface area contributed by atoms with Crippen molar-refractivity contribution in [2.24, 2.45) is 0 Å². The van der Waals surface area contributed by atoms with Crippen LogP contribution in [0.1, 0.15) is 55.7 Å². The maximum atomic E-state index is 2.44. The van der Waals surface area contributed by atoms with Crippen LogP contribution >= 0.6 is 0 Å². The molecule has 0 atom stereocenters. The Hall–Kier alpha value is -2.54. The van der Waals surface area contributed by atoms with Crippen molar-refractivity contribution in [2.75, 3.05) is 4.90 Å². The van der Waals surface area contributed by atoms with Crippen molar-refractivity contribution in [1.29, 1.82) is 0 Å². The zero-order valence-corrected chi connectivity index (χ0v) is 17.4. The van der Waals surface area contributed by atoms with Gasteiger partial charge in [-0.05, 0) is 74.1 Å². The van der Waals surface area contributed by atoms with Gasteiger partial charge in [0.2, 0.25) is 0 Å². The summed E-state index contributed by atoms with van der Waals surface area (Å²) in [6, 6.07) is 26.9. The second kappa shape index (κ2) is 7.83. The number of anilines is 3. The molecule has 1 aliphatic carbocycles. The van der Waals surface area contributed by atoms with Crippen molar-refractivity contribution in [1.82, 2.24) is 0 Å². The minimum atomic E-state index is 0.343. The molecule has 28 heavy (non-hydrogen) atoms. The first kappa shape index (κ1) is 18.8. The quantitative estimate of drug-likeness (QED) is 0.450. The van der Waals surface area contributed by atoms with E-state index in [-0.39, 0.29) is 0 Å². The maximum absolute atomic E-state index is 2.44. The molecule has 0 spiro atoms. The summed E-state index contributed by atoms with van der Waals surface area (Å²) in [6.45, 7) is 6.72. The predicted molar refractivity (Wildman–Crippen MR) is 121 cm³/mol. The monoisotopic (exact) mass is 369 g/mol. The molecule has 1 aliphatic rings. The lowest BCUT2D eigenvalue weighted by Crippen LogP contribution is -2.25. The van der Waals surface area contributed by atoms with Crippen LogP contribution in [0.4, 0.5) is 17.1 Å². The molecule has 1 saturated carbocycles. The van der Waals surface area contributed by atoms with Crippen LogP contribution in [0.3, 0.4) is 0 Å². The molecule has 0 N–H and O–H groups in total. The number of hydrogen-bond acceptors (Lipinski definition) is 1. The molecule has 0 saturated heterocycles. The Morgan fingerprint density at radius 3 is 1.39 bits per heavy atom. The van der Waals surface area contributed by atoms with Gasteiger partial charge in [-0.2, -0.15) is 0 Å². The molecule has 0 aliphatic heterocycles. The van der Waals surface area contributed by atoms with Crippen molar-refractivity contribution in [2.45, 2.75) is 58.3 Å². The Bertz CT molecular complexity index is 852. The fourth-order valence-corrected chi connectivity index (χ4v) is 4.47. The highest BCUT2D eigenvalue weighted by molar-refractivity contribution is 5.76. The van der Waals surface area contributed by atoms with E-state index in [4.69, 9.17) is 0 Å².